The lowest BCUT2D eigenvalue weighted by atomic mass is 10.1. The first-order chi connectivity index (χ1) is 14.7. The quantitative estimate of drug-likeness (QED) is 0.338. The Balaban J connectivity index is 2.03. The zero-order valence-electron chi connectivity index (χ0n) is 16.9. The van der Waals surface area contributed by atoms with Crippen LogP contribution in [0.1, 0.15) is 43.1 Å². The van der Waals surface area contributed by atoms with Crippen molar-refractivity contribution in [2.24, 2.45) is 5.73 Å². The first-order valence-electron chi connectivity index (χ1n) is 9.55. The number of rotatable bonds is 11. The summed E-state index contributed by atoms with van der Waals surface area (Å²) < 4.78 is 5.17. The molecule has 12 heteroatoms. The third kappa shape index (κ3) is 7.26. The lowest BCUT2D eigenvalue weighted by Gasteiger charge is -2.23. The molecule has 168 valence electrons. The summed E-state index contributed by atoms with van der Waals surface area (Å²) in [4.78, 5) is 39.9. The van der Waals surface area contributed by atoms with Crippen LogP contribution in [-0.4, -0.2) is 60.9 Å². The molecule has 6 N–H and O–H groups in total. The highest BCUT2D eigenvalue weighted by atomic mass is 16.5. The van der Waals surface area contributed by atoms with Gasteiger partial charge in [0.25, 0.3) is 0 Å². The Morgan fingerprint density at radius 3 is 2.48 bits per heavy atom. The van der Waals surface area contributed by atoms with E-state index >= 15 is 0 Å². The number of aromatic hydroxyl groups is 1. The van der Waals surface area contributed by atoms with Gasteiger partial charge in [-0.05, 0) is 30.5 Å². The molecular formula is C19H25N5O7. The van der Waals surface area contributed by atoms with Gasteiger partial charge >= 0.3 is 18.0 Å². The Labute approximate surface area is 177 Å². The first kappa shape index (κ1) is 23.6. The van der Waals surface area contributed by atoms with Crippen molar-refractivity contribution >= 4 is 18.0 Å². The van der Waals surface area contributed by atoms with Gasteiger partial charge in [-0.15, -0.1) is 0 Å². The van der Waals surface area contributed by atoms with Crippen LogP contribution in [0.3, 0.4) is 0 Å². The van der Waals surface area contributed by atoms with Crippen LogP contribution in [0.25, 0.3) is 0 Å². The fraction of sp³-hybridized carbons (Fsp3) is 0.421. The Bertz CT molecular complexity index is 899. The molecule has 0 aliphatic heterocycles. The monoisotopic (exact) mass is 435 g/mol. The average molecular weight is 435 g/mol. The molecule has 0 saturated heterocycles. The maximum Gasteiger partial charge on any atom is 0.326 e. The van der Waals surface area contributed by atoms with Crippen LogP contribution in [-0.2, 0) is 22.6 Å². The number of nitrogens with two attached hydrogens (primary N) is 1. The van der Waals surface area contributed by atoms with Gasteiger partial charge in [0.1, 0.15) is 18.3 Å². The van der Waals surface area contributed by atoms with Crippen molar-refractivity contribution in [1.82, 2.24) is 20.4 Å². The van der Waals surface area contributed by atoms with Crippen molar-refractivity contribution < 1.29 is 34.2 Å². The predicted octanol–water partition coefficient (Wildman–Crippen LogP) is 0.867. The van der Waals surface area contributed by atoms with Gasteiger partial charge in [0.2, 0.25) is 5.89 Å². The summed E-state index contributed by atoms with van der Waals surface area (Å²) in [7, 11) is 0. The molecule has 1 aromatic heterocycles. The second-order valence-electron chi connectivity index (χ2n) is 6.88. The topological polar surface area (TPSA) is 192 Å². The number of aliphatic carboxylic acids is 2. The highest BCUT2D eigenvalue weighted by Gasteiger charge is 2.26. The third-order valence-electron chi connectivity index (χ3n) is 4.29. The van der Waals surface area contributed by atoms with Gasteiger partial charge in [0.05, 0.1) is 12.5 Å². The molecule has 2 aromatic rings. The molecular weight excluding hydrogens is 410 g/mol. The number of nitrogens with zero attached hydrogens (tertiary/aromatic N) is 3. The summed E-state index contributed by atoms with van der Waals surface area (Å²) in [6, 6.07) is 3.62. The number of carboxylic acid groups (broad SMARTS) is 2. The van der Waals surface area contributed by atoms with Crippen LogP contribution in [0, 0.1) is 0 Å². The second kappa shape index (κ2) is 10.9. The van der Waals surface area contributed by atoms with Crippen LogP contribution in [0.15, 0.2) is 28.8 Å². The highest BCUT2D eigenvalue weighted by Crippen LogP contribution is 2.17. The van der Waals surface area contributed by atoms with Crippen molar-refractivity contribution in [3.8, 4) is 5.75 Å². The summed E-state index contributed by atoms with van der Waals surface area (Å²) in [5.41, 5.74) is 6.97. The van der Waals surface area contributed by atoms with E-state index in [0.717, 1.165) is 5.56 Å². The van der Waals surface area contributed by atoms with Gasteiger partial charge in [0, 0.05) is 6.54 Å². The van der Waals surface area contributed by atoms with Crippen molar-refractivity contribution in [3.63, 3.8) is 0 Å². The number of amides is 2. The van der Waals surface area contributed by atoms with Crippen molar-refractivity contribution in [2.45, 2.75) is 44.8 Å². The number of phenols is 1. The number of hydrogen-bond donors (Lipinski definition) is 5. The molecule has 0 aliphatic carbocycles. The van der Waals surface area contributed by atoms with Gasteiger partial charge in [-0.25, -0.2) is 9.59 Å². The van der Waals surface area contributed by atoms with Crippen molar-refractivity contribution in [1.29, 1.82) is 0 Å². The predicted molar refractivity (Wildman–Crippen MR) is 106 cm³/mol. The number of carbonyl (C=O) groups excluding carboxylic acids is 1. The molecule has 12 nitrogen and oxygen atoms in total. The minimum atomic E-state index is -1.57. The largest absolute Gasteiger partial charge is 0.508 e. The molecule has 0 saturated carbocycles. The number of carboxylic acids is 2. The minimum Gasteiger partial charge on any atom is -0.508 e. The average Bonchev–Trinajstić information content (AvgIpc) is 3.17. The van der Waals surface area contributed by atoms with Crippen molar-refractivity contribution in [3.05, 3.63) is 41.5 Å². The molecule has 0 aliphatic rings. The maximum absolute atomic E-state index is 12.5. The number of benzene rings is 1. The zero-order chi connectivity index (χ0) is 23.0. The standard InChI is InChI=1S/C19H25N5O7/c1-2-7-24(19(30)21-14(18(28)29)9-16(26)27)10-15-22-17(23-31-15)13(20)8-11-3-5-12(25)6-4-11/h3-6,13-14,25H,2,7-10,20H2,1H3,(H,21,30)(H,26,27)(H,28,29). The minimum absolute atomic E-state index is 0.0992. The molecule has 31 heavy (non-hydrogen) atoms. The number of hydrogen-bond acceptors (Lipinski definition) is 8. The molecule has 0 spiro atoms. The van der Waals surface area contributed by atoms with E-state index in [1.807, 2.05) is 6.92 Å². The van der Waals surface area contributed by atoms with Crippen molar-refractivity contribution in [2.75, 3.05) is 6.54 Å². The molecule has 2 unspecified atom stereocenters. The molecule has 0 bridgehead atoms. The van der Waals surface area contributed by atoms with E-state index in [2.05, 4.69) is 15.5 Å². The molecule has 1 aromatic carbocycles. The van der Waals surface area contributed by atoms with Crippen LogP contribution >= 0.6 is 0 Å². The second-order valence-corrected chi connectivity index (χ2v) is 6.88. The summed E-state index contributed by atoms with van der Waals surface area (Å²) in [5.74, 6) is -2.33. The number of urea groups is 1. The smallest absolute Gasteiger partial charge is 0.326 e. The van der Waals surface area contributed by atoms with E-state index < -0.39 is 36.5 Å². The lowest BCUT2D eigenvalue weighted by Crippen LogP contribution is -2.48. The Kier molecular flexibility index (Phi) is 8.32. The zero-order valence-corrected chi connectivity index (χ0v) is 16.9. The summed E-state index contributed by atoms with van der Waals surface area (Å²) in [5, 5.41) is 33.3. The van der Waals surface area contributed by atoms with Crippen LogP contribution < -0.4 is 11.1 Å². The number of aromatic nitrogens is 2. The molecule has 2 amide bonds. The van der Waals surface area contributed by atoms with E-state index in [9.17, 15) is 19.5 Å². The lowest BCUT2D eigenvalue weighted by molar-refractivity contribution is -0.145. The summed E-state index contributed by atoms with van der Waals surface area (Å²) in [6.45, 7) is 1.97. The van der Waals surface area contributed by atoms with Gasteiger partial charge in [-0.2, -0.15) is 4.98 Å². The van der Waals surface area contributed by atoms with Gasteiger partial charge in [0.15, 0.2) is 5.82 Å². The van der Waals surface area contributed by atoms with E-state index in [1.165, 1.54) is 4.90 Å². The van der Waals surface area contributed by atoms with Crippen LogP contribution in [0.2, 0.25) is 0 Å². The SMILES string of the molecule is CCCN(Cc1nc(C(N)Cc2ccc(O)cc2)no1)C(=O)NC(CC(=O)O)C(=O)O. The summed E-state index contributed by atoms with van der Waals surface area (Å²) in [6.07, 6.45) is 0.206. The molecule has 2 rings (SSSR count). The Hall–Kier alpha value is -3.67. The Morgan fingerprint density at radius 1 is 1.23 bits per heavy atom. The van der Waals surface area contributed by atoms with E-state index in [1.54, 1.807) is 24.3 Å². The van der Waals surface area contributed by atoms with E-state index in [4.69, 9.17) is 20.5 Å². The number of nitrogens with one attached hydrogen (secondary N) is 1. The fourth-order valence-corrected chi connectivity index (χ4v) is 2.76. The molecule has 1 heterocycles. The van der Waals surface area contributed by atoms with E-state index in [-0.39, 0.29) is 30.6 Å². The number of carbonyl (C=O) groups is 3. The van der Waals surface area contributed by atoms with Gasteiger partial charge in [-0.1, -0.05) is 24.2 Å². The van der Waals surface area contributed by atoms with E-state index in [0.29, 0.717) is 12.8 Å². The Morgan fingerprint density at radius 2 is 1.90 bits per heavy atom. The fourth-order valence-electron chi connectivity index (χ4n) is 2.76. The molecule has 0 radical (unpaired) electrons. The highest BCUT2D eigenvalue weighted by molar-refractivity contribution is 5.86. The maximum atomic E-state index is 12.5. The number of phenolic OH excluding ortho intramolecular Hbond substituents is 1. The van der Waals surface area contributed by atoms with Gasteiger partial charge < -0.3 is 35.8 Å². The third-order valence-corrected chi connectivity index (χ3v) is 4.29. The van der Waals surface area contributed by atoms with Gasteiger partial charge in [-0.3, -0.25) is 4.79 Å². The van der Waals surface area contributed by atoms with Crippen LogP contribution in [0.4, 0.5) is 4.79 Å². The summed E-state index contributed by atoms with van der Waals surface area (Å²) >= 11 is 0. The molecule has 2 atom stereocenters. The normalized spacial score (nSPS) is 12.7. The first-order valence-corrected chi connectivity index (χ1v) is 9.55. The molecule has 0 fully saturated rings. The van der Waals surface area contributed by atoms with Crippen LogP contribution in [0.5, 0.6) is 5.75 Å².